The first-order chi connectivity index (χ1) is 18.0. The Morgan fingerprint density at radius 3 is 2.16 bits per heavy atom. The summed E-state index contributed by atoms with van der Waals surface area (Å²) in [5.41, 5.74) is 3.14. The van der Waals surface area contributed by atoms with Crippen molar-refractivity contribution in [2.45, 2.75) is 71.1 Å². The van der Waals surface area contributed by atoms with Gasteiger partial charge < -0.3 is 4.74 Å². The van der Waals surface area contributed by atoms with Crippen LogP contribution in [0.2, 0.25) is 0 Å². The van der Waals surface area contributed by atoms with E-state index >= 15 is 4.39 Å². The smallest absolute Gasteiger partial charge is 0.201 e. The number of halogens is 3. The Morgan fingerprint density at radius 1 is 0.784 bits per heavy atom. The van der Waals surface area contributed by atoms with E-state index in [0.717, 1.165) is 68.1 Å². The van der Waals surface area contributed by atoms with Crippen molar-refractivity contribution in [3.63, 3.8) is 0 Å². The Hall–Kier alpha value is -3.01. The summed E-state index contributed by atoms with van der Waals surface area (Å²) in [6.07, 6.45) is 12.6. The van der Waals surface area contributed by atoms with E-state index in [1.165, 1.54) is 6.07 Å². The zero-order valence-electron chi connectivity index (χ0n) is 21.9. The Kier molecular flexibility index (Phi) is 9.49. The lowest BCUT2D eigenvalue weighted by Gasteiger charge is -2.27. The van der Waals surface area contributed by atoms with Gasteiger partial charge in [-0.15, -0.1) is 0 Å². The normalized spacial score (nSPS) is 17.9. The molecule has 4 rings (SSSR count). The molecule has 0 amide bonds. The van der Waals surface area contributed by atoms with Crippen molar-refractivity contribution in [3.8, 4) is 28.0 Å². The number of ether oxygens (including phenoxy) is 1. The maximum atomic E-state index is 15.1. The van der Waals surface area contributed by atoms with Gasteiger partial charge >= 0.3 is 0 Å². The molecule has 0 atom stereocenters. The van der Waals surface area contributed by atoms with E-state index in [-0.39, 0.29) is 23.0 Å². The number of allylic oxidation sites excluding steroid dienone is 2. The predicted molar refractivity (Wildman–Crippen MR) is 146 cm³/mol. The van der Waals surface area contributed by atoms with Gasteiger partial charge in [-0.25, -0.2) is 8.78 Å². The summed E-state index contributed by atoms with van der Waals surface area (Å²) >= 11 is 0. The number of hydrogen-bond donors (Lipinski definition) is 0. The fourth-order valence-electron chi connectivity index (χ4n) is 5.35. The van der Waals surface area contributed by atoms with Crippen molar-refractivity contribution in [1.29, 1.82) is 0 Å². The fourth-order valence-corrected chi connectivity index (χ4v) is 5.35. The third kappa shape index (κ3) is 6.66. The van der Waals surface area contributed by atoms with Crippen molar-refractivity contribution in [3.05, 3.63) is 89.8 Å². The number of benzene rings is 3. The summed E-state index contributed by atoms with van der Waals surface area (Å²) in [5, 5.41) is 0. The number of hydrogen-bond acceptors (Lipinski definition) is 1. The average molecular weight is 507 g/mol. The van der Waals surface area contributed by atoms with Crippen LogP contribution in [0.4, 0.5) is 13.2 Å². The quantitative estimate of drug-likeness (QED) is 0.196. The molecule has 1 saturated carbocycles. The predicted octanol–water partition coefficient (Wildman–Crippen LogP) is 10.2. The molecule has 0 heterocycles. The second kappa shape index (κ2) is 13.0. The second-order valence-electron chi connectivity index (χ2n) is 10.1. The highest BCUT2D eigenvalue weighted by atomic mass is 19.2. The first-order valence-electron chi connectivity index (χ1n) is 13.7. The van der Waals surface area contributed by atoms with Gasteiger partial charge in [0.1, 0.15) is 5.82 Å². The molecule has 1 nitrogen and oxygen atoms in total. The molecule has 3 aromatic carbocycles. The molecule has 3 aromatic rings. The second-order valence-corrected chi connectivity index (χ2v) is 10.1. The maximum Gasteiger partial charge on any atom is 0.201 e. The Morgan fingerprint density at radius 2 is 1.49 bits per heavy atom. The van der Waals surface area contributed by atoms with Crippen LogP contribution in [0.3, 0.4) is 0 Å². The van der Waals surface area contributed by atoms with E-state index in [1.54, 1.807) is 24.3 Å². The van der Waals surface area contributed by atoms with E-state index < -0.39 is 11.6 Å². The van der Waals surface area contributed by atoms with Crippen LogP contribution in [0.5, 0.6) is 5.75 Å². The standard InChI is InChI=1S/C33H37F3O/c1-3-5-6-7-21-37-31-20-19-29(32(35)33(31)36)26-15-13-24(14-16-26)27-17-18-28(30(34)22-27)25-11-9-23(8-4-2)10-12-25/h4,8,13-20,22-23,25H,3,5-7,9-12,21H2,1-2H3/b8-4+. The van der Waals surface area contributed by atoms with Crippen LogP contribution in [-0.4, -0.2) is 6.61 Å². The third-order valence-electron chi connectivity index (χ3n) is 7.51. The van der Waals surface area contributed by atoms with Gasteiger partial charge in [0.2, 0.25) is 5.82 Å². The minimum Gasteiger partial charge on any atom is -0.490 e. The molecule has 1 fully saturated rings. The van der Waals surface area contributed by atoms with Crippen LogP contribution in [0.1, 0.15) is 76.7 Å². The molecule has 0 radical (unpaired) electrons. The van der Waals surface area contributed by atoms with Gasteiger partial charge in [0.25, 0.3) is 0 Å². The first-order valence-corrected chi connectivity index (χ1v) is 13.7. The topological polar surface area (TPSA) is 9.23 Å². The van der Waals surface area contributed by atoms with Crippen LogP contribution in [0.15, 0.2) is 66.7 Å². The molecule has 1 aliphatic carbocycles. The molecule has 0 N–H and O–H groups in total. The van der Waals surface area contributed by atoms with Crippen LogP contribution < -0.4 is 4.74 Å². The van der Waals surface area contributed by atoms with E-state index in [1.807, 2.05) is 31.2 Å². The van der Waals surface area contributed by atoms with Crippen LogP contribution in [0, 0.1) is 23.4 Å². The lowest BCUT2D eigenvalue weighted by molar-refractivity contribution is 0.285. The molecule has 37 heavy (non-hydrogen) atoms. The highest BCUT2D eigenvalue weighted by molar-refractivity contribution is 5.71. The molecule has 0 aromatic heterocycles. The number of rotatable bonds is 10. The van der Waals surface area contributed by atoms with Gasteiger partial charge in [0, 0.05) is 5.56 Å². The Balaban J connectivity index is 1.44. The summed E-state index contributed by atoms with van der Waals surface area (Å²) in [6, 6.07) is 15.6. The highest BCUT2D eigenvalue weighted by Gasteiger charge is 2.23. The van der Waals surface area contributed by atoms with Crippen molar-refractivity contribution in [2.24, 2.45) is 5.92 Å². The zero-order valence-corrected chi connectivity index (χ0v) is 21.9. The van der Waals surface area contributed by atoms with E-state index in [4.69, 9.17) is 4.74 Å². The van der Waals surface area contributed by atoms with Gasteiger partial charge in [0.15, 0.2) is 11.6 Å². The van der Waals surface area contributed by atoms with Gasteiger partial charge in [0.05, 0.1) is 6.61 Å². The van der Waals surface area contributed by atoms with Gasteiger partial charge in [-0.2, -0.15) is 4.39 Å². The van der Waals surface area contributed by atoms with Gasteiger partial charge in [-0.05, 0) is 91.3 Å². The molecule has 196 valence electrons. The lowest BCUT2D eigenvalue weighted by Crippen LogP contribution is -2.12. The number of unbranched alkanes of at least 4 members (excludes halogenated alkanes) is 3. The molecule has 0 saturated heterocycles. The summed E-state index contributed by atoms with van der Waals surface area (Å²) < 4.78 is 50.0. The van der Waals surface area contributed by atoms with Crippen molar-refractivity contribution in [2.75, 3.05) is 6.61 Å². The summed E-state index contributed by atoms with van der Waals surface area (Å²) in [5.74, 6) is -1.23. The van der Waals surface area contributed by atoms with E-state index in [2.05, 4.69) is 19.1 Å². The monoisotopic (exact) mass is 506 g/mol. The molecule has 0 bridgehead atoms. The first kappa shape index (κ1) is 27.0. The minimum atomic E-state index is -0.963. The molecule has 0 spiro atoms. The van der Waals surface area contributed by atoms with Crippen LogP contribution >= 0.6 is 0 Å². The molecule has 1 aliphatic rings. The molecule has 0 aliphatic heterocycles. The van der Waals surface area contributed by atoms with Crippen LogP contribution in [-0.2, 0) is 0 Å². The zero-order chi connectivity index (χ0) is 26.2. The van der Waals surface area contributed by atoms with Gasteiger partial charge in [-0.3, -0.25) is 0 Å². The Labute approximate surface area is 219 Å². The largest absolute Gasteiger partial charge is 0.490 e. The minimum absolute atomic E-state index is 0.0553. The molecular formula is C33H37F3O. The summed E-state index contributed by atoms with van der Waals surface area (Å²) in [6.45, 7) is 4.54. The van der Waals surface area contributed by atoms with Crippen LogP contribution in [0.25, 0.3) is 22.3 Å². The van der Waals surface area contributed by atoms with E-state index in [0.29, 0.717) is 18.1 Å². The average Bonchev–Trinajstić information content (AvgIpc) is 2.92. The SMILES string of the molecule is C/C=C/C1CCC(c2ccc(-c3ccc(-c4ccc(OCCCCCC)c(F)c4F)cc3)cc2F)CC1. The van der Waals surface area contributed by atoms with Crippen molar-refractivity contribution < 1.29 is 17.9 Å². The fraction of sp³-hybridized carbons (Fsp3) is 0.394. The lowest BCUT2D eigenvalue weighted by atomic mass is 9.78. The highest BCUT2D eigenvalue weighted by Crippen LogP contribution is 2.38. The maximum absolute atomic E-state index is 15.1. The van der Waals surface area contributed by atoms with Gasteiger partial charge in [-0.1, -0.05) is 74.7 Å². The summed E-state index contributed by atoms with van der Waals surface area (Å²) in [4.78, 5) is 0. The molecule has 4 heteroatoms. The Bertz CT molecular complexity index is 1190. The third-order valence-corrected chi connectivity index (χ3v) is 7.51. The van der Waals surface area contributed by atoms with E-state index in [9.17, 15) is 8.78 Å². The summed E-state index contributed by atoms with van der Waals surface area (Å²) in [7, 11) is 0. The van der Waals surface area contributed by atoms with Crippen molar-refractivity contribution >= 4 is 0 Å². The molecular weight excluding hydrogens is 469 g/mol. The van der Waals surface area contributed by atoms with Crippen molar-refractivity contribution in [1.82, 2.24) is 0 Å². The molecule has 0 unspecified atom stereocenters.